The van der Waals surface area contributed by atoms with Gasteiger partial charge in [-0.3, -0.25) is 14.4 Å². The molecule has 3 rings (SSSR count). The molecule has 2 saturated heterocycles. The van der Waals surface area contributed by atoms with E-state index in [1.54, 1.807) is 19.9 Å². The molecule has 0 radical (unpaired) electrons. The molecule has 0 saturated carbocycles. The van der Waals surface area contributed by atoms with Crippen LogP contribution in [0.25, 0.3) is 0 Å². The zero-order valence-electron chi connectivity index (χ0n) is 15.3. The maximum absolute atomic E-state index is 12.8. The van der Waals surface area contributed by atoms with Crippen molar-refractivity contribution in [3.8, 4) is 6.07 Å². The molecule has 0 spiro atoms. The number of fused-ring (bicyclic) bond motifs is 1. The predicted molar refractivity (Wildman–Crippen MR) is 97.0 cm³/mol. The molecule has 148 valence electrons. The van der Waals surface area contributed by atoms with E-state index < -0.39 is 45.1 Å². The zero-order chi connectivity index (χ0) is 20.9. The number of carbonyl (C=O) groups is 3. The summed E-state index contributed by atoms with van der Waals surface area (Å²) in [7, 11) is 1.27. The van der Waals surface area contributed by atoms with Crippen molar-refractivity contribution < 1.29 is 24.2 Å². The zero-order valence-corrected chi connectivity index (χ0v) is 16.1. The van der Waals surface area contributed by atoms with Crippen LogP contribution in [0, 0.1) is 11.3 Å². The SMILES string of the molecule is COC1(NC(=O)Cn2ccc(=O)c(C#N)c2)C(=O)N2[C@@H](C(=O)O)C(C)(C)S[C@@H]21. The van der Waals surface area contributed by atoms with Crippen molar-refractivity contribution in [1.29, 1.82) is 5.26 Å². The van der Waals surface area contributed by atoms with Crippen molar-refractivity contribution >= 4 is 29.5 Å². The Balaban J connectivity index is 1.80. The molecule has 2 fully saturated rings. The van der Waals surface area contributed by atoms with Crippen LogP contribution in [0.3, 0.4) is 0 Å². The van der Waals surface area contributed by atoms with E-state index in [0.29, 0.717) is 0 Å². The van der Waals surface area contributed by atoms with Gasteiger partial charge in [-0.25, -0.2) is 4.79 Å². The number of methoxy groups -OCH3 is 1. The molecule has 2 N–H and O–H groups in total. The lowest BCUT2D eigenvalue weighted by molar-refractivity contribution is -0.201. The van der Waals surface area contributed by atoms with Crippen LogP contribution >= 0.6 is 11.8 Å². The monoisotopic (exact) mass is 406 g/mol. The van der Waals surface area contributed by atoms with Crippen molar-refractivity contribution in [1.82, 2.24) is 14.8 Å². The van der Waals surface area contributed by atoms with Gasteiger partial charge in [-0.2, -0.15) is 5.26 Å². The van der Waals surface area contributed by atoms with Gasteiger partial charge in [0.25, 0.3) is 11.6 Å². The summed E-state index contributed by atoms with van der Waals surface area (Å²) in [5.41, 5.74) is -2.23. The number of carboxylic acid groups (broad SMARTS) is 1. The van der Waals surface area contributed by atoms with Crippen molar-refractivity contribution in [3.63, 3.8) is 0 Å². The third-order valence-corrected chi connectivity index (χ3v) is 6.42. The molecule has 1 aromatic rings. The highest BCUT2D eigenvalue weighted by atomic mass is 32.2. The average molecular weight is 406 g/mol. The standard InChI is InChI=1S/C17H18N4O6S/c1-16(2)12(13(24)25)21-14(26)17(27-3,15(21)28-16)19-11(23)8-20-5-4-10(22)9(6-18)7-20/h4-5,7,12,15H,8H2,1-3H3,(H,19,23)(H,24,25)/t12-,15+,17?/m0/s1. The molecular formula is C17H18N4O6S. The summed E-state index contributed by atoms with van der Waals surface area (Å²) in [6.45, 7) is 3.18. The Hall–Kier alpha value is -2.84. The molecule has 2 aliphatic heterocycles. The van der Waals surface area contributed by atoms with Crippen LogP contribution in [0.4, 0.5) is 0 Å². The molecule has 0 aromatic carbocycles. The Morgan fingerprint density at radius 2 is 2.11 bits per heavy atom. The second-order valence-electron chi connectivity index (χ2n) is 7.02. The summed E-state index contributed by atoms with van der Waals surface area (Å²) >= 11 is 1.24. The van der Waals surface area contributed by atoms with E-state index in [4.69, 9.17) is 10.00 Å². The largest absolute Gasteiger partial charge is 0.480 e. The summed E-state index contributed by atoms with van der Waals surface area (Å²) in [5, 5.41) is 20.3. The number of carboxylic acids is 1. The van der Waals surface area contributed by atoms with Crippen LogP contribution in [-0.4, -0.2) is 61.4 Å². The highest BCUT2D eigenvalue weighted by Crippen LogP contribution is 2.55. The Kier molecular flexibility index (Phi) is 4.73. The molecule has 28 heavy (non-hydrogen) atoms. The predicted octanol–water partition coefficient (Wildman–Crippen LogP) is -0.674. The fourth-order valence-corrected chi connectivity index (χ4v) is 5.18. The van der Waals surface area contributed by atoms with Gasteiger partial charge in [-0.15, -0.1) is 11.8 Å². The lowest BCUT2D eigenvalue weighted by Crippen LogP contribution is -2.80. The number of aromatic nitrogens is 1. The first-order chi connectivity index (χ1) is 13.1. The number of pyridine rings is 1. The Morgan fingerprint density at radius 1 is 1.43 bits per heavy atom. The van der Waals surface area contributed by atoms with Gasteiger partial charge in [0.2, 0.25) is 5.91 Å². The fraction of sp³-hybridized carbons (Fsp3) is 0.471. The quantitative estimate of drug-likeness (QED) is 0.484. The summed E-state index contributed by atoms with van der Waals surface area (Å²) in [6, 6.07) is 1.88. The van der Waals surface area contributed by atoms with E-state index >= 15 is 0 Å². The van der Waals surface area contributed by atoms with Gasteiger partial charge in [0, 0.05) is 30.3 Å². The van der Waals surface area contributed by atoms with Crippen LogP contribution in [0.5, 0.6) is 0 Å². The normalized spacial score (nSPS) is 27.5. The van der Waals surface area contributed by atoms with Crippen LogP contribution in [0.15, 0.2) is 23.3 Å². The van der Waals surface area contributed by atoms with E-state index in [-0.39, 0.29) is 12.1 Å². The van der Waals surface area contributed by atoms with E-state index in [0.717, 1.165) is 0 Å². The van der Waals surface area contributed by atoms with Crippen LogP contribution in [-0.2, 0) is 25.7 Å². The lowest BCUT2D eigenvalue weighted by atomic mass is 9.93. The fourth-order valence-electron chi connectivity index (χ4n) is 3.50. The van der Waals surface area contributed by atoms with Gasteiger partial charge >= 0.3 is 5.97 Å². The number of thioether (sulfide) groups is 1. The minimum Gasteiger partial charge on any atom is -0.480 e. The lowest BCUT2D eigenvalue weighted by Gasteiger charge is -2.51. The van der Waals surface area contributed by atoms with E-state index in [2.05, 4.69) is 5.32 Å². The number of aliphatic carboxylic acids is 1. The second-order valence-corrected chi connectivity index (χ2v) is 8.76. The molecule has 3 heterocycles. The smallest absolute Gasteiger partial charge is 0.327 e. The Bertz CT molecular complexity index is 967. The highest BCUT2D eigenvalue weighted by Gasteiger charge is 2.73. The van der Waals surface area contributed by atoms with Gasteiger partial charge in [0.1, 0.15) is 29.6 Å². The first-order valence-corrected chi connectivity index (χ1v) is 9.15. The molecule has 0 aliphatic carbocycles. The van der Waals surface area contributed by atoms with E-state index in [1.807, 2.05) is 0 Å². The number of ether oxygens (including phenoxy) is 1. The van der Waals surface area contributed by atoms with Crippen molar-refractivity contribution in [2.75, 3.05) is 7.11 Å². The van der Waals surface area contributed by atoms with Crippen LogP contribution < -0.4 is 10.7 Å². The maximum Gasteiger partial charge on any atom is 0.327 e. The molecule has 1 aromatic heterocycles. The van der Waals surface area contributed by atoms with Gasteiger partial charge in [-0.1, -0.05) is 0 Å². The summed E-state index contributed by atoms with van der Waals surface area (Å²) < 4.78 is 5.92. The number of nitriles is 1. The summed E-state index contributed by atoms with van der Waals surface area (Å²) in [4.78, 5) is 49.6. The molecule has 10 nitrogen and oxygen atoms in total. The molecule has 0 bridgehead atoms. The molecule has 1 unspecified atom stereocenters. The number of amides is 2. The molecular weight excluding hydrogens is 388 g/mol. The van der Waals surface area contributed by atoms with Gasteiger partial charge < -0.3 is 24.6 Å². The number of nitrogens with zero attached hydrogens (tertiary/aromatic N) is 3. The first kappa shape index (κ1) is 19.9. The molecule has 2 amide bonds. The Morgan fingerprint density at radius 3 is 2.68 bits per heavy atom. The van der Waals surface area contributed by atoms with Gasteiger partial charge in [0.05, 0.1) is 0 Å². The Labute approximate surface area is 164 Å². The topological polar surface area (TPSA) is 142 Å². The number of carbonyl (C=O) groups excluding carboxylic acids is 2. The van der Waals surface area contributed by atoms with Crippen molar-refractivity contribution in [3.05, 3.63) is 34.2 Å². The number of β-lactam (4-membered cyclic amide) rings is 1. The first-order valence-electron chi connectivity index (χ1n) is 8.27. The minimum atomic E-state index is -1.67. The van der Waals surface area contributed by atoms with Crippen LogP contribution in [0.2, 0.25) is 0 Å². The summed E-state index contributed by atoms with van der Waals surface area (Å²) in [6.07, 6.45) is 2.59. The van der Waals surface area contributed by atoms with Crippen molar-refractivity contribution in [2.24, 2.45) is 0 Å². The number of hydrogen-bond donors (Lipinski definition) is 2. The van der Waals surface area contributed by atoms with Gasteiger partial charge in [0.15, 0.2) is 5.43 Å². The average Bonchev–Trinajstić information content (AvgIpc) is 2.90. The second kappa shape index (κ2) is 6.65. The third-order valence-electron chi connectivity index (χ3n) is 4.81. The highest BCUT2D eigenvalue weighted by molar-refractivity contribution is 8.01. The van der Waals surface area contributed by atoms with Crippen molar-refractivity contribution in [2.45, 2.75) is 42.3 Å². The molecule has 11 heteroatoms. The summed E-state index contributed by atoms with van der Waals surface area (Å²) in [5.74, 6) is -2.34. The van der Waals surface area contributed by atoms with Gasteiger partial charge in [-0.05, 0) is 13.8 Å². The number of nitrogens with one attached hydrogen (secondary N) is 1. The number of rotatable bonds is 5. The van der Waals surface area contributed by atoms with E-state index in [1.165, 1.54) is 46.8 Å². The number of hydrogen-bond acceptors (Lipinski definition) is 7. The minimum absolute atomic E-state index is 0.111. The van der Waals surface area contributed by atoms with E-state index in [9.17, 15) is 24.3 Å². The van der Waals surface area contributed by atoms with Crippen LogP contribution in [0.1, 0.15) is 19.4 Å². The third kappa shape index (κ3) is 2.85. The maximum atomic E-state index is 12.8. The molecule has 2 aliphatic rings. The molecule has 3 atom stereocenters.